The van der Waals surface area contributed by atoms with Gasteiger partial charge in [-0.3, -0.25) is 9.41 Å². The summed E-state index contributed by atoms with van der Waals surface area (Å²) >= 11 is 0. The zero-order valence-electron chi connectivity index (χ0n) is 12.5. The van der Waals surface area contributed by atoms with Crippen molar-refractivity contribution < 1.29 is 81.5 Å². The molecule has 0 amide bonds. The van der Waals surface area contributed by atoms with E-state index >= 15 is 0 Å². The van der Waals surface area contributed by atoms with Gasteiger partial charge in [0.1, 0.15) is 0 Å². The fourth-order valence-electron chi connectivity index (χ4n) is 0.385. The smallest absolute Gasteiger partial charge is 1.00 e. The Morgan fingerprint density at radius 2 is 0.417 bits per heavy atom. The minimum Gasteiger partial charge on any atom is -1.00 e. The number of hydrogen-bond donors (Lipinski definition) is 0. The molecule has 0 saturated carbocycles. The number of halogens is 14. The van der Waals surface area contributed by atoms with Crippen LogP contribution in [-0.2, 0) is 0 Å². The SMILES string of the molecule is F.F.F[B-](F)(F)F.F[B-](F)(F)F.F[B-](F)(F)F.[H-].[Li+].c1ccccc1. The van der Waals surface area contributed by atoms with Gasteiger partial charge in [-0.2, -0.15) is 0 Å². The van der Waals surface area contributed by atoms with Crippen LogP contribution in [0.1, 0.15) is 1.43 Å². The Hall–Kier alpha value is -0.968. The van der Waals surface area contributed by atoms with E-state index in [1.165, 1.54) is 0 Å². The minimum absolute atomic E-state index is 0. The minimum atomic E-state index is -6.00. The van der Waals surface area contributed by atoms with E-state index < -0.39 is 21.8 Å². The van der Waals surface area contributed by atoms with Gasteiger partial charge in [0.05, 0.1) is 0 Å². The summed E-state index contributed by atoms with van der Waals surface area (Å²) in [5, 5.41) is 0. The first kappa shape index (κ1) is 38.5. The monoisotopic (exact) mass is 387 g/mol. The molecule has 0 nitrogen and oxygen atoms in total. The fourth-order valence-corrected chi connectivity index (χ4v) is 0.385. The molecule has 18 heteroatoms. The number of rotatable bonds is 0. The molecule has 0 unspecified atom stereocenters. The van der Waals surface area contributed by atoms with Gasteiger partial charge < -0.3 is 53.2 Å². The Morgan fingerprint density at radius 1 is 0.375 bits per heavy atom. The largest absolute Gasteiger partial charge is 1.00 e. The normalized spacial score (nSPS) is 9.50. The van der Waals surface area contributed by atoms with Crippen molar-refractivity contribution in [2.75, 3.05) is 0 Å². The summed E-state index contributed by atoms with van der Waals surface area (Å²) in [7, 11) is -18.0. The zero-order chi connectivity index (χ0) is 17.7. The summed E-state index contributed by atoms with van der Waals surface area (Å²) in [5.74, 6) is 0. The first-order chi connectivity index (χ1) is 9.00. The molecule has 0 saturated heterocycles. The average Bonchev–Trinajstić information content (AvgIpc) is 2.12. The van der Waals surface area contributed by atoms with E-state index in [1.807, 2.05) is 36.4 Å². The molecule has 0 spiro atoms. The van der Waals surface area contributed by atoms with E-state index in [2.05, 4.69) is 0 Å². The van der Waals surface area contributed by atoms with Gasteiger partial charge in [-0.1, -0.05) is 36.4 Å². The summed E-state index contributed by atoms with van der Waals surface area (Å²) in [4.78, 5) is 0. The molecule has 144 valence electrons. The van der Waals surface area contributed by atoms with Crippen LogP contribution in [0, 0.1) is 0 Å². The van der Waals surface area contributed by atoms with E-state index in [9.17, 15) is 51.8 Å². The van der Waals surface area contributed by atoms with Crippen molar-refractivity contribution in [1.29, 1.82) is 0 Å². The van der Waals surface area contributed by atoms with Crippen LogP contribution in [0.15, 0.2) is 36.4 Å². The van der Waals surface area contributed by atoms with E-state index in [0.29, 0.717) is 0 Å². The second-order valence-corrected chi connectivity index (χ2v) is 2.64. The van der Waals surface area contributed by atoms with Crippen molar-refractivity contribution in [1.82, 2.24) is 0 Å². The van der Waals surface area contributed by atoms with E-state index in [1.54, 1.807) is 0 Å². The third kappa shape index (κ3) is 333. The van der Waals surface area contributed by atoms with Crippen LogP contribution in [0.2, 0.25) is 0 Å². The molecule has 24 heavy (non-hydrogen) atoms. The Labute approximate surface area is 140 Å². The molecule has 1 aromatic carbocycles. The maximum Gasteiger partial charge on any atom is 1.00 e. The zero-order valence-corrected chi connectivity index (χ0v) is 11.5. The molecule has 0 aliphatic rings. The van der Waals surface area contributed by atoms with Gasteiger partial charge in [-0.05, 0) is 0 Å². The quantitative estimate of drug-likeness (QED) is 0.475. The summed E-state index contributed by atoms with van der Waals surface area (Å²) in [6.07, 6.45) is 0. The third-order valence-corrected chi connectivity index (χ3v) is 0.667. The van der Waals surface area contributed by atoms with Crippen LogP contribution in [0.3, 0.4) is 0 Å². The summed E-state index contributed by atoms with van der Waals surface area (Å²) in [6.45, 7) is 0. The van der Waals surface area contributed by atoms with Crippen LogP contribution < -0.4 is 18.9 Å². The van der Waals surface area contributed by atoms with E-state index in [-0.39, 0.29) is 29.7 Å². The molecule has 0 aliphatic carbocycles. The van der Waals surface area contributed by atoms with Crippen molar-refractivity contribution in [3.63, 3.8) is 0 Å². The van der Waals surface area contributed by atoms with Crippen LogP contribution >= 0.6 is 0 Å². The molecule has 0 radical (unpaired) electrons. The van der Waals surface area contributed by atoms with Gasteiger partial charge in [-0.15, -0.1) is 0 Å². The third-order valence-electron chi connectivity index (χ3n) is 0.667. The van der Waals surface area contributed by atoms with Crippen molar-refractivity contribution in [3.05, 3.63) is 36.4 Å². The van der Waals surface area contributed by atoms with Gasteiger partial charge in [0.25, 0.3) is 0 Å². The van der Waals surface area contributed by atoms with Crippen LogP contribution in [0.5, 0.6) is 0 Å². The average molecular weight is 386 g/mol. The van der Waals surface area contributed by atoms with E-state index in [4.69, 9.17) is 0 Å². The van der Waals surface area contributed by atoms with Crippen LogP contribution in [0.4, 0.5) is 61.2 Å². The van der Waals surface area contributed by atoms with Gasteiger partial charge >= 0.3 is 40.6 Å². The first-order valence-corrected chi connectivity index (χ1v) is 4.62. The standard InChI is InChI=1S/C6H6.3BF4.2FH.Li.H/c1-2-4-6-5-3-1;3*2-1(3,4)5;;;;/h1-6H;;;;2*1H;;/q;3*-1;;;+1;-1. The first-order valence-electron chi connectivity index (χ1n) is 4.62. The van der Waals surface area contributed by atoms with E-state index in [0.717, 1.165) is 0 Å². The Balaban J connectivity index is -0.0000000330. The molecule has 0 N–H and O–H groups in total. The predicted octanol–water partition coefficient (Wildman–Crippen LogP) is 3.01. The van der Waals surface area contributed by atoms with Gasteiger partial charge in [0, 0.05) is 0 Å². The fraction of sp³-hybridized carbons (Fsp3) is 0. The summed E-state index contributed by atoms with van der Waals surface area (Å²) in [5.41, 5.74) is 0. The van der Waals surface area contributed by atoms with Crippen molar-refractivity contribution in [2.45, 2.75) is 0 Å². The molecule has 1 aromatic rings. The molecular formula is C6H9B3F14Li-3. The summed E-state index contributed by atoms with van der Waals surface area (Å²) in [6, 6.07) is 12.0. The van der Waals surface area contributed by atoms with Gasteiger partial charge in [-0.25, -0.2) is 0 Å². The Morgan fingerprint density at radius 3 is 0.458 bits per heavy atom. The predicted molar refractivity (Wildman–Crippen MR) is 63.1 cm³/mol. The molecule has 1 rings (SSSR count). The molecular weight excluding hydrogens is 377 g/mol. The molecule has 0 atom stereocenters. The second kappa shape index (κ2) is 18.4. The molecule has 0 fully saturated rings. The van der Waals surface area contributed by atoms with Gasteiger partial charge in [0.15, 0.2) is 0 Å². The van der Waals surface area contributed by atoms with Crippen LogP contribution in [0.25, 0.3) is 0 Å². The molecule has 0 bridgehead atoms. The topological polar surface area (TPSA) is 0 Å². The second-order valence-electron chi connectivity index (χ2n) is 2.64. The van der Waals surface area contributed by atoms with Crippen molar-refractivity contribution in [3.8, 4) is 0 Å². The Bertz CT molecular complexity index is 257. The number of hydrogen-bond acceptors (Lipinski definition) is 0. The summed E-state index contributed by atoms with van der Waals surface area (Å²) < 4.78 is 117. The van der Waals surface area contributed by atoms with Crippen molar-refractivity contribution >= 4 is 21.8 Å². The molecule has 0 aromatic heterocycles. The maximum absolute atomic E-state index is 9.75. The van der Waals surface area contributed by atoms with Crippen LogP contribution in [-0.4, -0.2) is 21.8 Å². The molecule has 0 heterocycles. The Kier molecular flexibility index (Phi) is 29.5. The van der Waals surface area contributed by atoms with Gasteiger partial charge in [0.2, 0.25) is 0 Å². The molecule has 0 aliphatic heterocycles. The number of benzene rings is 1. The van der Waals surface area contributed by atoms with Crippen molar-refractivity contribution in [2.24, 2.45) is 0 Å². The maximum atomic E-state index is 9.75.